The van der Waals surface area contributed by atoms with Crippen LogP contribution in [-0.4, -0.2) is 24.5 Å². The molecule has 0 aromatic heterocycles. The van der Waals surface area contributed by atoms with Crippen molar-refractivity contribution in [2.24, 2.45) is 28.2 Å². The number of phenolic OH excluding ortho intramolecular Hbond substituents is 1. The minimum atomic E-state index is 0.179. The van der Waals surface area contributed by atoms with Gasteiger partial charge in [-0.05, 0) is 92.4 Å². The van der Waals surface area contributed by atoms with Gasteiger partial charge in [0, 0.05) is 6.21 Å². The molecule has 23 heavy (non-hydrogen) atoms. The Morgan fingerprint density at radius 1 is 1.17 bits per heavy atom. The third kappa shape index (κ3) is 2.64. The summed E-state index contributed by atoms with van der Waals surface area (Å²) in [7, 11) is 1.58. The molecular weight excluding hydrogens is 286 g/mol. The number of hydrogen-bond donors (Lipinski definition) is 1. The Labute approximate surface area is 138 Å². The van der Waals surface area contributed by atoms with Crippen molar-refractivity contribution < 1.29 is 9.84 Å². The van der Waals surface area contributed by atoms with E-state index in [0.29, 0.717) is 17.2 Å². The Kier molecular flexibility index (Phi) is 3.62. The SMILES string of the molecule is COc1cc(C=NC(C)C23CC4CC(CC(C4)C2)C3)ccc1O. The normalized spacial score (nSPS) is 36.5. The van der Waals surface area contributed by atoms with Gasteiger partial charge >= 0.3 is 0 Å². The van der Waals surface area contributed by atoms with E-state index < -0.39 is 0 Å². The minimum Gasteiger partial charge on any atom is -0.504 e. The van der Waals surface area contributed by atoms with Crippen molar-refractivity contribution >= 4 is 6.21 Å². The van der Waals surface area contributed by atoms with Gasteiger partial charge in [-0.25, -0.2) is 0 Å². The summed E-state index contributed by atoms with van der Waals surface area (Å²) < 4.78 is 5.18. The zero-order valence-electron chi connectivity index (χ0n) is 14.2. The van der Waals surface area contributed by atoms with Crippen LogP contribution in [0.5, 0.6) is 11.5 Å². The van der Waals surface area contributed by atoms with E-state index in [4.69, 9.17) is 9.73 Å². The van der Waals surface area contributed by atoms with Crippen LogP contribution < -0.4 is 4.74 Å². The van der Waals surface area contributed by atoms with Gasteiger partial charge in [0.2, 0.25) is 0 Å². The van der Waals surface area contributed by atoms with Crippen molar-refractivity contribution in [1.82, 2.24) is 0 Å². The first-order chi connectivity index (χ1) is 11.1. The van der Waals surface area contributed by atoms with Crippen LogP contribution >= 0.6 is 0 Å². The molecule has 0 spiro atoms. The summed E-state index contributed by atoms with van der Waals surface area (Å²) in [5.41, 5.74) is 1.45. The Balaban J connectivity index is 1.52. The fraction of sp³-hybridized carbons (Fsp3) is 0.650. The zero-order chi connectivity index (χ0) is 16.0. The monoisotopic (exact) mass is 313 g/mol. The second-order valence-corrected chi connectivity index (χ2v) is 8.17. The standard InChI is InChI=1S/C20H27NO2/c1-13(21-12-14-3-4-18(22)19(8-14)23-2)20-9-15-5-16(10-20)7-17(6-15)11-20/h3-4,8,12-13,15-17,22H,5-7,9-11H2,1-2H3. The van der Waals surface area contributed by atoms with Crippen LogP contribution in [0.4, 0.5) is 0 Å². The van der Waals surface area contributed by atoms with Crippen molar-refractivity contribution in [2.75, 3.05) is 7.11 Å². The number of aliphatic imine (C=N–C) groups is 1. The first kappa shape index (κ1) is 15.0. The largest absolute Gasteiger partial charge is 0.504 e. The average molecular weight is 313 g/mol. The molecule has 4 fully saturated rings. The highest BCUT2D eigenvalue weighted by molar-refractivity contribution is 5.81. The maximum absolute atomic E-state index is 9.70. The van der Waals surface area contributed by atoms with E-state index in [2.05, 4.69) is 6.92 Å². The van der Waals surface area contributed by atoms with Crippen molar-refractivity contribution in [3.63, 3.8) is 0 Å². The van der Waals surface area contributed by atoms with Crippen LogP contribution in [-0.2, 0) is 0 Å². The van der Waals surface area contributed by atoms with Crippen LogP contribution in [0, 0.1) is 23.2 Å². The lowest BCUT2D eigenvalue weighted by atomic mass is 9.48. The van der Waals surface area contributed by atoms with Gasteiger partial charge in [0.05, 0.1) is 13.2 Å². The Morgan fingerprint density at radius 2 is 1.78 bits per heavy atom. The summed E-state index contributed by atoms with van der Waals surface area (Å²) in [6.07, 6.45) is 10.6. The van der Waals surface area contributed by atoms with E-state index in [-0.39, 0.29) is 5.75 Å². The van der Waals surface area contributed by atoms with E-state index in [0.717, 1.165) is 23.3 Å². The van der Waals surface area contributed by atoms with Crippen molar-refractivity contribution in [3.05, 3.63) is 23.8 Å². The van der Waals surface area contributed by atoms with Gasteiger partial charge in [-0.1, -0.05) is 0 Å². The molecule has 1 atom stereocenters. The van der Waals surface area contributed by atoms with Crippen molar-refractivity contribution in [1.29, 1.82) is 0 Å². The number of ether oxygens (including phenoxy) is 1. The third-order valence-corrected chi connectivity index (χ3v) is 6.62. The molecule has 4 bridgehead atoms. The lowest BCUT2D eigenvalue weighted by Crippen LogP contribution is -2.50. The highest BCUT2D eigenvalue weighted by Gasteiger charge is 2.53. The summed E-state index contributed by atoms with van der Waals surface area (Å²) >= 11 is 0. The molecule has 0 heterocycles. The second kappa shape index (κ2) is 5.54. The van der Waals surface area contributed by atoms with Crippen LogP contribution in [0.15, 0.2) is 23.2 Å². The first-order valence-corrected chi connectivity index (χ1v) is 8.98. The number of aromatic hydroxyl groups is 1. The Hall–Kier alpha value is -1.51. The average Bonchev–Trinajstić information content (AvgIpc) is 2.52. The van der Waals surface area contributed by atoms with Crippen LogP contribution in [0.2, 0.25) is 0 Å². The third-order valence-electron chi connectivity index (χ3n) is 6.62. The summed E-state index contributed by atoms with van der Waals surface area (Å²) in [4.78, 5) is 4.93. The minimum absolute atomic E-state index is 0.179. The van der Waals surface area contributed by atoms with Gasteiger partial charge in [-0.2, -0.15) is 0 Å². The summed E-state index contributed by atoms with van der Waals surface area (Å²) in [6.45, 7) is 2.31. The molecule has 5 rings (SSSR count). The van der Waals surface area contributed by atoms with Gasteiger partial charge in [0.1, 0.15) is 0 Å². The number of nitrogens with zero attached hydrogens (tertiary/aromatic N) is 1. The van der Waals surface area contributed by atoms with Crippen LogP contribution in [0.25, 0.3) is 0 Å². The highest BCUT2D eigenvalue weighted by atomic mass is 16.5. The molecular formula is C20H27NO2. The van der Waals surface area contributed by atoms with Crippen LogP contribution in [0.3, 0.4) is 0 Å². The first-order valence-electron chi connectivity index (χ1n) is 8.98. The van der Waals surface area contributed by atoms with E-state index in [1.54, 1.807) is 13.2 Å². The van der Waals surface area contributed by atoms with E-state index in [1.807, 2.05) is 18.3 Å². The molecule has 3 nitrogen and oxygen atoms in total. The highest BCUT2D eigenvalue weighted by Crippen LogP contribution is 2.61. The Morgan fingerprint density at radius 3 is 2.35 bits per heavy atom. The molecule has 1 N–H and O–H groups in total. The lowest BCUT2D eigenvalue weighted by Gasteiger charge is -2.58. The Bertz CT molecular complexity index is 587. The molecule has 3 heteroatoms. The summed E-state index contributed by atoms with van der Waals surface area (Å²) in [5, 5.41) is 9.70. The van der Waals surface area contributed by atoms with E-state index >= 15 is 0 Å². The summed E-state index contributed by atoms with van der Waals surface area (Å²) in [5.74, 6) is 3.59. The maximum Gasteiger partial charge on any atom is 0.161 e. The molecule has 1 aromatic carbocycles. The topological polar surface area (TPSA) is 41.8 Å². The van der Waals surface area contributed by atoms with Gasteiger partial charge in [0.15, 0.2) is 11.5 Å². The number of hydrogen-bond acceptors (Lipinski definition) is 3. The fourth-order valence-electron chi connectivity index (χ4n) is 5.82. The van der Waals surface area contributed by atoms with E-state index in [9.17, 15) is 5.11 Å². The molecule has 4 aliphatic rings. The molecule has 1 unspecified atom stereocenters. The van der Waals surface area contributed by atoms with Gasteiger partial charge < -0.3 is 9.84 Å². The molecule has 0 amide bonds. The predicted octanol–water partition coefficient (Wildman–Crippen LogP) is 4.42. The fourth-order valence-corrected chi connectivity index (χ4v) is 5.82. The number of methoxy groups -OCH3 is 1. The number of benzene rings is 1. The van der Waals surface area contributed by atoms with E-state index in [1.165, 1.54) is 38.5 Å². The van der Waals surface area contributed by atoms with Gasteiger partial charge in [0.25, 0.3) is 0 Å². The number of phenols is 1. The predicted molar refractivity (Wildman–Crippen MR) is 92.3 cm³/mol. The molecule has 124 valence electrons. The van der Waals surface area contributed by atoms with Crippen LogP contribution in [0.1, 0.15) is 51.0 Å². The molecule has 0 saturated heterocycles. The zero-order valence-corrected chi connectivity index (χ0v) is 14.2. The number of rotatable bonds is 4. The van der Waals surface area contributed by atoms with Crippen molar-refractivity contribution in [3.8, 4) is 11.5 Å². The van der Waals surface area contributed by atoms with Gasteiger partial charge in [-0.3, -0.25) is 4.99 Å². The molecule has 4 saturated carbocycles. The lowest BCUT2D eigenvalue weighted by molar-refractivity contribution is -0.0632. The molecule has 0 aliphatic heterocycles. The maximum atomic E-state index is 9.70. The van der Waals surface area contributed by atoms with Crippen molar-refractivity contribution in [2.45, 2.75) is 51.5 Å². The quantitative estimate of drug-likeness (QED) is 0.836. The smallest absolute Gasteiger partial charge is 0.161 e. The second-order valence-electron chi connectivity index (χ2n) is 8.17. The molecule has 0 radical (unpaired) electrons. The summed E-state index contributed by atoms with van der Waals surface area (Å²) in [6, 6.07) is 5.81. The molecule has 1 aromatic rings. The molecule has 4 aliphatic carbocycles. The van der Waals surface area contributed by atoms with Gasteiger partial charge in [-0.15, -0.1) is 0 Å².